The minimum absolute atomic E-state index is 0.0493. The summed E-state index contributed by atoms with van der Waals surface area (Å²) in [5, 5.41) is 4.08. The van der Waals surface area contributed by atoms with Crippen LogP contribution in [0.15, 0.2) is 36.5 Å². The molecule has 2 unspecified atom stereocenters. The fraction of sp³-hybridized carbons (Fsp3) is 0.474. The predicted molar refractivity (Wildman–Crippen MR) is 96.0 cm³/mol. The number of amides is 1. The molecule has 1 amide bonds. The minimum Gasteiger partial charge on any atom is -0.379 e. The van der Waals surface area contributed by atoms with Crippen molar-refractivity contribution in [1.82, 2.24) is 9.88 Å². The lowest BCUT2D eigenvalue weighted by Gasteiger charge is -2.33. The Morgan fingerprint density at radius 3 is 2.79 bits per heavy atom. The molecule has 1 aliphatic rings. The Balaban J connectivity index is 1.63. The average molecular weight is 327 g/mol. The number of fused-ring (bicyclic) bond motifs is 1. The van der Waals surface area contributed by atoms with Crippen molar-refractivity contribution in [3.63, 3.8) is 0 Å². The first-order valence-electron chi connectivity index (χ1n) is 8.61. The number of hydrogen-bond donors (Lipinski definition) is 1. The summed E-state index contributed by atoms with van der Waals surface area (Å²) >= 11 is 0. The molecule has 0 aliphatic carbocycles. The molecule has 1 aromatic carbocycles. The van der Waals surface area contributed by atoms with E-state index in [2.05, 4.69) is 22.1 Å². The number of nitrogens with zero attached hydrogens (tertiary/aromatic N) is 2. The van der Waals surface area contributed by atoms with Crippen molar-refractivity contribution < 1.29 is 9.53 Å². The van der Waals surface area contributed by atoms with Crippen molar-refractivity contribution in [3.8, 4) is 0 Å². The van der Waals surface area contributed by atoms with Crippen molar-refractivity contribution in [3.05, 3.63) is 36.5 Å². The molecule has 2 aromatic rings. The van der Waals surface area contributed by atoms with Gasteiger partial charge in [-0.2, -0.15) is 0 Å². The van der Waals surface area contributed by atoms with Crippen molar-refractivity contribution in [2.24, 2.45) is 5.92 Å². The van der Waals surface area contributed by atoms with Crippen LogP contribution in [-0.2, 0) is 9.53 Å². The highest BCUT2D eigenvalue weighted by Gasteiger charge is 2.22. The van der Waals surface area contributed by atoms with Gasteiger partial charge in [0.1, 0.15) is 0 Å². The third-order valence-corrected chi connectivity index (χ3v) is 4.70. The molecule has 1 N–H and O–H groups in total. The first-order valence-corrected chi connectivity index (χ1v) is 8.61. The highest BCUT2D eigenvalue weighted by Crippen LogP contribution is 2.22. The van der Waals surface area contributed by atoms with Gasteiger partial charge in [0.15, 0.2) is 0 Å². The fourth-order valence-electron chi connectivity index (χ4n) is 3.25. The van der Waals surface area contributed by atoms with Crippen LogP contribution in [0.4, 0.5) is 5.69 Å². The third kappa shape index (κ3) is 3.91. The summed E-state index contributed by atoms with van der Waals surface area (Å²) in [7, 11) is 0. The Morgan fingerprint density at radius 2 is 2.00 bits per heavy atom. The molecule has 1 fully saturated rings. The van der Waals surface area contributed by atoms with Crippen LogP contribution in [0.2, 0.25) is 0 Å². The smallest absolute Gasteiger partial charge is 0.227 e. The average Bonchev–Trinajstić information content (AvgIpc) is 2.62. The van der Waals surface area contributed by atoms with Gasteiger partial charge in [-0.05, 0) is 25.5 Å². The molecule has 0 radical (unpaired) electrons. The van der Waals surface area contributed by atoms with E-state index in [1.807, 2.05) is 37.3 Å². The van der Waals surface area contributed by atoms with Crippen LogP contribution in [0.1, 0.15) is 20.3 Å². The lowest BCUT2D eigenvalue weighted by Crippen LogP contribution is -2.43. The third-order valence-electron chi connectivity index (χ3n) is 4.70. The second kappa shape index (κ2) is 7.73. The van der Waals surface area contributed by atoms with Crippen molar-refractivity contribution in [1.29, 1.82) is 0 Å². The summed E-state index contributed by atoms with van der Waals surface area (Å²) in [6.07, 6.45) is 2.59. The van der Waals surface area contributed by atoms with Gasteiger partial charge >= 0.3 is 0 Å². The van der Waals surface area contributed by atoms with Gasteiger partial charge in [0, 0.05) is 36.6 Å². The number of para-hydroxylation sites is 1. The first kappa shape index (κ1) is 16.9. The van der Waals surface area contributed by atoms with E-state index in [4.69, 9.17) is 4.74 Å². The summed E-state index contributed by atoms with van der Waals surface area (Å²) in [6.45, 7) is 7.64. The molecule has 1 aliphatic heterocycles. The summed E-state index contributed by atoms with van der Waals surface area (Å²) in [5.74, 6) is -0.00456. The molecule has 0 bridgehead atoms. The molecule has 2 heterocycles. The van der Waals surface area contributed by atoms with Crippen LogP contribution >= 0.6 is 0 Å². The zero-order chi connectivity index (χ0) is 16.9. The lowest BCUT2D eigenvalue weighted by molar-refractivity contribution is -0.120. The van der Waals surface area contributed by atoms with Crippen LogP contribution in [-0.4, -0.2) is 48.1 Å². The number of carbonyl (C=O) groups is 1. The van der Waals surface area contributed by atoms with E-state index < -0.39 is 0 Å². The monoisotopic (exact) mass is 327 g/mol. The number of morpholine rings is 1. The minimum atomic E-state index is -0.0539. The molecular formula is C19H25N3O2. The largest absolute Gasteiger partial charge is 0.379 e. The first-order chi connectivity index (χ1) is 11.6. The fourth-order valence-corrected chi connectivity index (χ4v) is 3.25. The Bertz CT molecular complexity index is 693. The molecular weight excluding hydrogens is 302 g/mol. The lowest BCUT2D eigenvalue weighted by atomic mass is 10.0. The summed E-state index contributed by atoms with van der Waals surface area (Å²) in [4.78, 5) is 19.4. The number of nitrogens with one attached hydrogen (secondary N) is 1. The molecule has 1 aromatic heterocycles. The quantitative estimate of drug-likeness (QED) is 0.917. The Hall–Kier alpha value is -1.98. The van der Waals surface area contributed by atoms with Crippen molar-refractivity contribution in [2.75, 3.05) is 31.6 Å². The SMILES string of the molecule is CC(CC(C)N1CCOCC1)C(=O)Nc1cccc2cccnc12. The van der Waals surface area contributed by atoms with E-state index >= 15 is 0 Å². The van der Waals surface area contributed by atoms with E-state index in [1.165, 1.54) is 0 Å². The van der Waals surface area contributed by atoms with Crippen LogP contribution in [0.3, 0.4) is 0 Å². The molecule has 1 saturated heterocycles. The maximum absolute atomic E-state index is 12.6. The van der Waals surface area contributed by atoms with Gasteiger partial charge in [-0.3, -0.25) is 14.7 Å². The van der Waals surface area contributed by atoms with Gasteiger partial charge in [-0.25, -0.2) is 0 Å². The van der Waals surface area contributed by atoms with Crippen LogP contribution in [0.25, 0.3) is 10.9 Å². The summed E-state index contributed by atoms with van der Waals surface area (Å²) < 4.78 is 5.39. The molecule has 3 rings (SSSR count). The van der Waals surface area contributed by atoms with Crippen LogP contribution in [0, 0.1) is 5.92 Å². The Labute approximate surface area is 143 Å². The molecule has 5 nitrogen and oxygen atoms in total. The van der Waals surface area contributed by atoms with Gasteiger partial charge in [0.25, 0.3) is 0 Å². The van der Waals surface area contributed by atoms with Crippen molar-refractivity contribution >= 4 is 22.5 Å². The standard InChI is InChI=1S/C19H25N3O2/c1-14(13-15(2)22-9-11-24-12-10-22)19(23)21-17-7-3-5-16-6-4-8-20-18(16)17/h3-8,14-15H,9-13H2,1-2H3,(H,21,23). The molecule has 128 valence electrons. The number of carbonyl (C=O) groups excluding carboxylic acids is 1. The Kier molecular flexibility index (Phi) is 5.43. The number of aromatic nitrogens is 1. The zero-order valence-corrected chi connectivity index (χ0v) is 14.4. The molecule has 24 heavy (non-hydrogen) atoms. The predicted octanol–water partition coefficient (Wildman–Crippen LogP) is 2.92. The summed E-state index contributed by atoms with van der Waals surface area (Å²) in [5.41, 5.74) is 1.62. The number of rotatable bonds is 5. The normalized spacial score (nSPS) is 18.2. The van der Waals surface area contributed by atoms with Gasteiger partial charge < -0.3 is 10.1 Å². The van der Waals surface area contributed by atoms with E-state index in [0.717, 1.165) is 49.3 Å². The molecule has 0 spiro atoms. The number of anilines is 1. The van der Waals surface area contributed by atoms with E-state index in [0.29, 0.717) is 6.04 Å². The number of hydrogen-bond acceptors (Lipinski definition) is 4. The van der Waals surface area contributed by atoms with Crippen LogP contribution in [0.5, 0.6) is 0 Å². The van der Waals surface area contributed by atoms with Crippen molar-refractivity contribution in [2.45, 2.75) is 26.3 Å². The van der Waals surface area contributed by atoms with E-state index in [9.17, 15) is 4.79 Å². The second-order valence-electron chi connectivity index (χ2n) is 6.50. The zero-order valence-electron chi connectivity index (χ0n) is 14.4. The molecule has 5 heteroatoms. The van der Waals surface area contributed by atoms with Gasteiger partial charge in [-0.1, -0.05) is 25.1 Å². The maximum Gasteiger partial charge on any atom is 0.227 e. The highest BCUT2D eigenvalue weighted by molar-refractivity contribution is 6.00. The molecule has 2 atom stereocenters. The van der Waals surface area contributed by atoms with E-state index in [1.54, 1.807) is 6.20 Å². The number of pyridine rings is 1. The van der Waals surface area contributed by atoms with Gasteiger partial charge in [-0.15, -0.1) is 0 Å². The number of benzene rings is 1. The second-order valence-corrected chi connectivity index (χ2v) is 6.50. The topological polar surface area (TPSA) is 54.5 Å². The highest BCUT2D eigenvalue weighted by atomic mass is 16.5. The summed E-state index contributed by atoms with van der Waals surface area (Å²) in [6, 6.07) is 10.1. The maximum atomic E-state index is 12.6. The van der Waals surface area contributed by atoms with Gasteiger partial charge in [0.2, 0.25) is 5.91 Å². The molecule has 0 saturated carbocycles. The Morgan fingerprint density at radius 1 is 1.25 bits per heavy atom. The van der Waals surface area contributed by atoms with Gasteiger partial charge in [0.05, 0.1) is 24.4 Å². The number of ether oxygens (including phenoxy) is 1. The van der Waals surface area contributed by atoms with E-state index in [-0.39, 0.29) is 11.8 Å². The van der Waals surface area contributed by atoms with Crippen LogP contribution < -0.4 is 5.32 Å².